The van der Waals surface area contributed by atoms with Gasteiger partial charge in [0.2, 0.25) is 0 Å². The summed E-state index contributed by atoms with van der Waals surface area (Å²) in [5, 5.41) is 7.56. The predicted octanol–water partition coefficient (Wildman–Crippen LogP) is 4.60. The zero-order chi connectivity index (χ0) is 22.8. The molecule has 172 valence electrons. The molecule has 1 fully saturated rings. The Hall–Kier alpha value is -3.32. The van der Waals surface area contributed by atoms with Gasteiger partial charge in [-0.05, 0) is 61.2 Å². The van der Waals surface area contributed by atoms with Crippen LogP contribution in [0.5, 0.6) is 11.5 Å². The van der Waals surface area contributed by atoms with Gasteiger partial charge in [0.1, 0.15) is 17.2 Å². The Morgan fingerprint density at radius 3 is 2.55 bits per heavy atom. The maximum atomic E-state index is 13.5. The molecule has 1 saturated heterocycles. The van der Waals surface area contributed by atoms with Gasteiger partial charge in [-0.1, -0.05) is 19.1 Å². The Morgan fingerprint density at radius 2 is 1.88 bits per heavy atom. The van der Waals surface area contributed by atoms with Crippen molar-refractivity contribution in [3.63, 3.8) is 0 Å². The second-order valence-electron chi connectivity index (χ2n) is 8.50. The van der Waals surface area contributed by atoms with Crippen molar-refractivity contribution in [2.75, 3.05) is 26.9 Å². The second-order valence-corrected chi connectivity index (χ2v) is 8.50. The van der Waals surface area contributed by atoms with Gasteiger partial charge in [-0.25, -0.2) is 0 Å². The number of ether oxygens (including phenoxy) is 3. The molecular formula is C26H29N3O4. The summed E-state index contributed by atoms with van der Waals surface area (Å²) in [5.41, 5.74) is 4.21. The van der Waals surface area contributed by atoms with Crippen molar-refractivity contribution >= 4 is 5.91 Å². The summed E-state index contributed by atoms with van der Waals surface area (Å²) in [7, 11) is 1.65. The molecule has 0 spiro atoms. The van der Waals surface area contributed by atoms with Crippen LogP contribution in [0.4, 0.5) is 0 Å². The van der Waals surface area contributed by atoms with Gasteiger partial charge >= 0.3 is 0 Å². The van der Waals surface area contributed by atoms with E-state index in [1.54, 1.807) is 7.11 Å². The summed E-state index contributed by atoms with van der Waals surface area (Å²) in [5.74, 6) is 1.57. The molecule has 0 radical (unpaired) electrons. The summed E-state index contributed by atoms with van der Waals surface area (Å²) in [6.45, 7) is 4.08. The number of carbonyl (C=O) groups excluding carboxylic acids is 1. The van der Waals surface area contributed by atoms with Crippen LogP contribution in [0, 0.1) is 0 Å². The Balaban J connectivity index is 1.54. The fraction of sp³-hybridized carbons (Fsp3) is 0.385. The summed E-state index contributed by atoms with van der Waals surface area (Å²) < 4.78 is 16.9. The first-order chi connectivity index (χ1) is 16.2. The maximum Gasteiger partial charge on any atom is 0.273 e. The molecule has 1 amide bonds. The van der Waals surface area contributed by atoms with Crippen molar-refractivity contribution in [1.82, 2.24) is 15.1 Å². The lowest BCUT2D eigenvalue weighted by Gasteiger charge is -2.28. The second kappa shape index (κ2) is 9.27. The number of H-pyrrole nitrogens is 1. The van der Waals surface area contributed by atoms with E-state index in [9.17, 15) is 4.79 Å². The zero-order valence-electron chi connectivity index (χ0n) is 19.0. The average molecular weight is 448 g/mol. The Bertz CT molecular complexity index is 1100. The van der Waals surface area contributed by atoms with Crippen LogP contribution >= 0.6 is 0 Å². The maximum absolute atomic E-state index is 13.5. The number of fused-ring (bicyclic) bond motifs is 1. The van der Waals surface area contributed by atoms with E-state index in [0.717, 1.165) is 59.8 Å². The third-order valence-corrected chi connectivity index (χ3v) is 6.32. The molecule has 7 nitrogen and oxygen atoms in total. The molecule has 0 saturated carbocycles. The number of nitrogens with one attached hydrogen (secondary N) is 1. The Kier molecular flexibility index (Phi) is 6.05. The third kappa shape index (κ3) is 4.09. The molecule has 2 unspecified atom stereocenters. The highest BCUT2D eigenvalue weighted by molar-refractivity contribution is 6.00. The summed E-state index contributed by atoms with van der Waals surface area (Å²) in [6, 6.07) is 15.6. The van der Waals surface area contributed by atoms with Gasteiger partial charge in [-0.3, -0.25) is 9.89 Å². The Labute approximate surface area is 193 Å². The molecule has 5 rings (SSSR count). The number of aromatic nitrogens is 2. The molecule has 33 heavy (non-hydrogen) atoms. The zero-order valence-corrected chi connectivity index (χ0v) is 19.0. The molecule has 0 aliphatic carbocycles. The first-order valence-electron chi connectivity index (χ1n) is 11.6. The average Bonchev–Trinajstić information content (AvgIpc) is 3.58. The van der Waals surface area contributed by atoms with Crippen LogP contribution in [-0.4, -0.2) is 54.0 Å². The van der Waals surface area contributed by atoms with Gasteiger partial charge < -0.3 is 19.1 Å². The molecule has 3 heterocycles. The molecule has 1 N–H and O–H groups in total. The van der Waals surface area contributed by atoms with Gasteiger partial charge in [-0.15, -0.1) is 0 Å². The van der Waals surface area contributed by atoms with Gasteiger partial charge in [0, 0.05) is 24.3 Å². The lowest BCUT2D eigenvalue weighted by molar-refractivity contribution is 0.0495. The first kappa shape index (κ1) is 21.5. The van der Waals surface area contributed by atoms with E-state index in [-0.39, 0.29) is 18.1 Å². The van der Waals surface area contributed by atoms with Crippen LogP contribution in [0.1, 0.15) is 53.8 Å². The molecule has 1 aromatic heterocycles. The van der Waals surface area contributed by atoms with Crippen molar-refractivity contribution in [1.29, 1.82) is 0 Å². The number of hydrogen-bond acceptors (Lipinski definition) is 5. The SMILES string of the molecule is CCCOc1ccc(C2c3c(-c4ccc(OC)cc4)n[nH]c3C(=O)N2CC2CCCO2)cc1. The third-order valence-electron chi connectivity index (χ3n) is 6.32. The minimum atomic E-state index is -0.243. The standard InChI is InChI=1S/C26H29N3O4/c1-3-14-32-20-12-8-18(9-13-20)25-22-23(17-6-10-19(31-2)11-7-17)27-28-24(22)26(30)29(25)16-21-5-4-15-33-21/h6-13,21,25H,3-5,14-16H2,1-2H3,(H,27,28). The topological polar surface area (TPSA) is 76.7 Å². The van der Waals surface area contributed by atoms with Gasteiger partial charge in [0.05, 0.1) is 31.6 Å². The van der Waals surface area contributed by atoms with E-state index < -0.39 is 0 Å². The van der Waals surface area contributed by atoms with Crippen molar-refractivity contribution in [2.45, 2.75) is 38.3 Å². The molecule has 2 aromatic carbocycles. The fourth-order valence-corrected chi connectivity index (χ4v) is 4.67. The smallest absolute Gasteiger partial charge is 0.273 e. The summed E-state index contributed by atoms with van der Waals surface area (Å²) in [6.07, 6.45) is 3.02. The minimum absolute atomic E-state index is 0.0379. The number of benzene rings is 2. The van der Waals surface area contributed by atoms with Crippen molar-refractivity contribution in [3.05, 3.63) is 65.4 Å². The first-order valence-corrected chi connectivity index (χ1v) is 11.6. The number of methoxy groups -OCH3 is 1. The molecule has 3 aromatic rings. The lowest BCUT2D eigenvalue weighted by Crippen LogP contribution is -2.36. The highest BCUT2D eigenvalue weighted by Gasteiger charge is 2.43. The van der Waals surface area contributed by atoms with Gasteiger partial charge in [0.15, 0.2) is 0 Å². The predicted molar refractivity (Wildman–Crippen MR) is 125 cm³/mol. The number of carbonyl (C=O) groups is 1. The van der Waals surface area contributed by atoms with Crippen molar-refractivity contribution in [2.24, 2.45) is 0 Å². The van der Waals surface area contributed by atoms with Gasteiger partial charge in [0.25, 0.3) is 5.91 Å². The highest BCUT2D eigenvalue weighted by Crippen LogP contribution is 2.43. The van der Waals surface area contributed by atoms with Crippen LogP contribution in [0.3, 0.4) is 0 Å². The van der Waals surface area contributed by atoms with Crippen LogP contribution in [0.25, 0.3) is 11.3 Å². The van der Waals surface area contributed by atoms with Crippen molar-refractivity contribution in [3.8, 4) is 22.8 Å². The molecule has 2 aliphatic rings. The molecule has 2 aliphatic heterocycles. The van der Waals surface area contributed by atoms with Crippen LogP contribution < -0.4 is 9.47 Å². The number of hydrogen-bond donors (Lipinski definition) is 1. The van der Waals surface area contributed by atoms with Crippen molar-refractivity contribution < 1.29 is 19.0 Å². The number of nitrogens with zero attached hydrogens (tertiary/aromatic N) is 2. The lowest BCUT2D eigenvalue weighted by atomic mass is 9.95. The quantitative estimate of drug-likeness (QED) is 0.546. The number of rotatable bonds is 8. The van der Waals surface area contributed by atoms with Crippen LogP contribution in [0.15, 0.2) is 48.5 Å². The van der Waals surface area contributed by atoms with Crippen LogP contribution in [0.2, 0.25) is 0 Å². The van der Waals surface area contributed by atoms with E-state index in [1.165, 1.54) is 0 Å². The van der Waals surface area contributed by atoms with E-state index >= 15 is 0 Å². The fourth-order valence-electron chi connectivity index (χ4n) is 4.67. The number of aromatic amines is 1. The molecule has 7 heteroatoms. The van der Waals surface area contributed by atoms with E-state index in [4.69, 9.17) is 14.2 Å². The highest BCUT2D eigenvalue weighted by atomic mass is 16.5. The molecule has 0 bridgehead atoms. The van der Waals surface area contributed by atoms with E-state index in [0.29, 0.717) is 18.8 Å². The summed E-state index contributed by atoms with van der Waals surface area (Å²) in [4.78, 5) is 15.4. The van der Waals surface area contributed by atoms with E-state index in [2.05, 4.69) is 17.1 Å². The summed E-state index contributed by atoms with van der Waals surface area (Å²) >= 11 is 0. The van der Waals surface area contributed by atoms with Crippen LogP contribution in [-0.2, 0) is 4.74 Å². The monoisotopic (exact) mass is 447 g/mol. The normalized spacial score (nSPS) is 19.7. The Morgan fingerprint density at radius 1 is 1.12 bits per heavy atom. The minimum Gasteiger partial charge on any atom is -0.497 e. The molecular weight excluding hydrogens is 418 g/mol. The van der Waals surface area contributed by atoms with E-state index in [1.807, 2.05) is 53.4 Å². The number of amides is 1. The molecule has 2 atom stereocenters. The largest absolute Gasteiger partial charge is 0.497 e. The van der Waals surface area contributed by atoms with Gasteiger partial charge in [-0.2, -0.15) is 5.10 Å².